The number of aromatic amines is 1. The number of methoxy groups -OCH3 is 3. The standard InChI is InChI=1S/C18H18N4O3S/c1-23-14-6-4-5-12(9-14)17-20-21-18(26)22(17)19-11-13-10-15(24-2)7-8-16(13)25-3/h4-11H,1-3H3,(H,21,26). The van der Waals surface area contributed by atoms with Crippen molar-refractivity contribution in [2.75, 3.05) is 21.3 Å². The summed E-state index contributed by atoms with van der Waals surface area (Å²) in [5, 5.41) is 11.5. The first-order chi connectivity index (χ1) is 12.7. The second-order valence-corrected chi connectivity index (χ2v) is 5.64. The molecule has 0 spiro atoms. The number of hydrogen-bond acceptors (Lipinski definition) is 6. The molecule has 0 atom stereocenters. The molecule has 0 radical (unpaired) electrons. The van der Waals surface area contributed by atoms with E-state index < -0.39 is 0 Å². The summed E-state index contributed by atoms with van der Waals surface area (Å²) in [6.45, 7) is 0. The highest BCUT2D eigenvalue weighted by Crippen LogP contribution is 2.24. The van der Waals surface area contributed by atoms with Gasteiger partial charge >= 0.3 is 0 Å². The third-order valence-electron chi connectivity index (χ3n) is 3.73. The number of nitrogens with one attached hydrogen (secondary N) is 1. The highest BCUT2D eigenvalue weighted by atomic mass is 32.1. The van der Waals surface area contributed by atoms with Crippen molar-refractivity contribution in [1.29, 1.82) is 0 Å². The van der Waals surface area contributed by atoms with Crippen molar-refractivity contribution in [3.63, 3.8) is 0 Å². The average Bonchev–Trinajstić information content (AvgIpc) is 3.06. The quantitative estimate of drug-likeness (QED) is 0.531. The van der Waals surface area contributed by atoms with E-state index in [1.807, 2.05) is 42.5 Å². The van der Waals surface area contributed by atoms with E-state index in [4.69, 9.17) is 26.4 Å². The van der Waals surface area contributed by atoms with Crippen molar-refractivity contribution in [3.05, 3.63) is 52.8 Å². The van der Waals surface area contributed by atoms with E-state index in [0.29, 0.717) is 22.1 Å². The first-order valence-corrected chi connectivity index (χ1v) is 8.15. The number of hydrogen-bond donors (Lipinski definition) is 1. The van der Waals surface area contributed by atoms with Crippen LogP contribution in [0.15, 0.2) is 47.6 Å². The lowest BCUT2D eigenvalue weighted by molar-refractivity contribution is 0.402. The largest absolute Gasteiger partial charge is 0.497 e. The van der Waals surface area contributed by atoms with Gasteiger partial charge in [-0.15, -0.1) is 0 Å². The first kappa shape index (κ1) is 17.7. The van der Waals surface area contributed by atoms with Gasteiger partial charge in [0.15, 0.2) is 5.82 Å². The molecule has 7 nitrogen and oxygen atoms in total. The van der Waals surface area contributed by atoms with Crippen LogP contribution in [-0.2, 0) is 0 Å². The normalized spacial score (nSPS) is 10.9. The fraction of sp³-hybridized carbons (Fsp3) is 0.167. The van der Waals surface area contributed by atoms with Gasteiger partial charge in [-0.1, -0.05) is 12.1 Å². The van der Waals surface area contributed by atoms with Crippen LogP contribution >= 0.6 is 12.2 Å². The van der Waals surface area contributed by atoms with E-state index in [1.165, 1.54) is 0 Å². The first-order valence-electron chi connectivity index (χ1n) is 7.74. The summed E-state index contributed by atoms with van der Waals surface area (Å²) in [6.07, 6.45) is 1.65. The summed E-state index contributed by atoms with van der Waals surface area (Å²) in [7, 11) is 4.82. The van der Waals surface area contributed by atoms with E-state index in [9.17, 15) is 0 Å². The maximum absolute atomic E-state index is 5.37. The molecule has 0 aliphatic rings. The molecule has 2 aromatic carbocycles. The fourth-order valence-electron chi connectivity index (χ4n) is 2.41. The number of aromatic nitrogens is 3. The van der Waals surface area contributed by atoms with Gasteiger partial charge in [-0.05, 0) is 42.5 Å². The van der Waals surface area contributed by atoms with Crippen LogP contribution in [0.5, 0.6) is 17.2 Å². The van der Waals surface area contributed by atoms with E-state index in [1.54, 1.807) is 32.2 Å². The van der Waals surface area contributed by atoms with E-state index in [2.05, 4.69) is 15.3 Å². The zero-order valence-corrected chi connectivity index (χ0v) is 15.4. The van der Waals surface area contributed by atoms with Crippen LogP contribution in [0, 0.1) is 4.77 Å². The fourth-order valence-corrected chi connectivity index (χ4v) is 2.59. The molecular weight excluding hydrogens is 352 g/mol. The van der Waals surface area contributed by atoms with Crippen LogP contribution in [0.1, 0.15) is 5.56 Å². The smallest absolute Gasteiger partial charge is 0.216 e. The average molecular weight is 370 g/mol. The van der Waals surface area contributed by atoms with Crippen molar-refractivity contribution >= 4 is 18.4 Å². The predicted octanol–water partition coefficient (Wildman–Crippen LogP) is 3.52. The second kappa shape index (κ2) is 7.83. The summed E-state index contributed by atoms with van der Waals surface area (Å²) in [4.78, 5) is 0. The number of benzene rings is 2. The lowest BCUT2D eigenvalue weighted by Gasteiger charge is -2.07. The Hall–Kier alpha value is -3.13. The van der Waals surface area contributed by atoms with E-state index in [0.717, 1.165) is 16.9 Å². The van der Waals surface area contributed by atoms with Gasteiger partial charge in [-0.25, -0.2) is 5.10 Å². The van der Waals surface area contributed by atoms with Crippen LogP contribution < -0.4 is 14.2 Å². The molecule has 26 heavy (non-hydrogen) atoms. The number of nitrogens with zero attached hydrogens (tertiary/aromatic N) is 3. The molecule has 0 fully saturated rings. The summed E-state index contributed by atoms with van der Waals surface area (Å²) in [6, 6.07) is 13.0. The molecule has 8 heteroatoms. The Kier molecular flexibility index (Phi) is 5.33. The monoisotopic (exact) mass is 370 g/mol. The molecule has 3 rings (SSSR count). The summed E-state index contributed by atoms with van der Waals surface area (Å²) >= 11 is 5.30. The van der Waals surface area contributed by atoms with Crippen molar-refractivity contribution in [2.24, 2.45) is 5.10 Å². The molecule has 0 saturated heterocycles. The molecule has 0 aliphatic heterocycles. The summed E-state index contributed by atoms with van der Waals surface area (Å²) in [5.74, 6) is 2.68. The Morgan fingerprint density at radius 2 is 1.81 bits per heavy atom. The lowest BCUT2D eigenvalue weighted by Crippen LogP contribution is -1.97. The van der Waals surface area contributed by atoms with Crippen molar-refractivity contribution in [3.8, 4) is 28.6 Å². The summed E-state index contributed by atoms with van der Waals surface area (Å²) < 4.78 is 17.8. The zero-order chi connectivity index (χ0) is 18.5. The molecule has 1 aromatic heterocycles. The highest BCUT2D eigenvalue weighted by molar-refractivity contribution is 7.71. The van der Waals surface area contributed by atoms with Gasteiger partial charge < -0.3 is 14.2 Å². The minimum absolute atomic E-state index is 0.376. The van der Waals surface area contributed by atoms with Crippen molar-refractivity contribution in [2.45, 2.75) is 0 Å². The molecular formula is C18H18N4O3S. The Balaban J connectivity index is 2.02. The van der Waals surface area contributed by atoms with Crippen LogP contribution in [0.4, 0.5) is 0 Å². The Morgan fingerprint density at radius 1 is 1.04 bits per heavy atom. The number of rotatable bonds is 6. The van der Waals surface area contributed by atoms with Gasteiger partial charge in [0, 0.05) is 11.1 Å². The maximum Gasteiger partial charge on any atom is 0.216 e. The predicted molar refractivity (Wildman–Crippen MR) is 102 cm³/mol. The topological polar surface area (TPSA) is 73.7 Å². The third-order valence-corrected chi connectivity index (χ3v) is 3.99. The van der Waals surface area contributed by atoms with E-state index in [-0.39, 0.29) is 0 Å². The molecule has 134 valence electrons. The van der Waals surface area contributed by atoms with Crippen molar-refractivity contribution in [1.82, 2.24) is 14.9 Å². The van der Waals surface area contributed by atoms with Gasteiger partial charge in [0.1, 0.15) is 17.2 Å². The Labute approximate surface area is 155 Å². The molecule has 0 aliphatic carbocycles. The lowest BCUT2D eigenvalue weighted by atomic mass is 10.2. The van der Waals surface area contributed by atoms with Gasteiger partial charge in [0.05, 0.1) is 27.5 Å². The van der Waals surface area contributed by atoms with Crippen LogP contribution in [-0.4, -0.2) is 42.4 Å². The number of H-pyrrole nitrogens is 1. The minimum Gasteiger partial charge on any atom is -0.497 e. The molecule has 1 N–H and O–H groups in total. The van der Waals surface area contributed by atoms with Crippen LogP contribution in [0.3, 0.4) is 0 Å². The van der Waals surface area contributed by atoms with Crippen LogP contribution in [0.2, 0.25) is 0 Å². The SMILES string of the molecule is COc1cccc(-c2n[nH]c(=S)n2N=Cc2cc(OC)ccc2OC)c1. The Morgan fingerprint density at radius 3 is 2.54 bits per heavy atom. The maximum atomic E-state index is 5.37. The molecule has 0 amide bonds. The van der Waals surface area contributed by atoms with Crippen LogP contribution in [0.25, 0.3) is 11.4 Å². The Bertz CT molecular complexity index is 994. The molecule has 0 bridgehead atoms. The minimum atomic E-state index is 0.376. The van der Waals surface area contributed by atoms with Gasteiger partial charge in [-0.2, -0.15) is 14.9 Å². The molecule has 1 heterocycles. The molecule has 3 aromatic rings. The van der Waals surface area contributed by atoms with Gasteiger partial charge in [0.2, 0.25) is 4.77 Å². The van der Waals surface area contributed by atoms with E-state index >= 15 is 0 Å². The second-order valence-electron chi connectivity index (χ2n) is 5.25. The zero-order valence-electron chi connectivity index (χ0n) is 14.6. The number of ether oxygens (including phenoxy) is 3. The van der Waals surface area contributed by atoms with Gasteiger partial charge in [0.25, 0.3) is 0 Å². The third kappa shape index (κ3) is 3.60. The molecule has 0 saturated carbocycles. The summed E-state index contributed by atoms with van der Waals surface area (Å²) in [5.41, 5.74) is 1.58. The molecule has 0 unspecified atom stereocenters. The highest BCUT2D eigenvalue weighted by Gasteiger charge is 2.10. The van der Waals surface area contributed by atoms with Gasteiger partial charge in [-0.3, -0.25) is 0 Å². The van der Waals surface area contributed by atoms with Crippen molar-refractivity contribution < 1.29 is 14.2 Å².